The largest absolute Gasteiger partial charge is 0.386 e. The van der Waals surface area contributed by atoms with Crippen LogP contribution in [0.2, 0.25) is 0 Å². The fraction of sp³-hybridized carbons (Fsp3) is 0.750. The lowest BCUT2D eigenvalue weighted by Crippen LogP contribution is -2.21. The maximum atomic E-state index is 4.56. The molecule has 2 heteroatoms. The fourth-order valence-corrected chi connectivity index (χ4v) is 1.37. The summed E-state index contributed by atoms with van der Waals surface area (Å²) in [5, 5.41) is 3.34. The molecule has 0 bridgehead atoms. The fourth-order valence-electron chi connectivity index (χ4n) is 1.37. The number of allylic oxidation sites excluding steroid dienone is 2. The molecule has 0 spiro atoms. The molecule has 0 aliphatic carbocycles. The van der Waals surface area contributed by atoms with E-state index in [2.05, 4.69) is 57.9 Å². The first-order valence-electron chi connectivity index (χ1n) is 5.22. The Hall–Kier alpha value is -0.790. The van der Waals surface area contributed by atoms with Crippen LogP contribution in [0.25, 0.3) is 0 Å². The first-order valence-corrected chi connectivity index (χ1v) is 5.22. The van der Waals surface area contributed by atoms with Crippen LogP contribution in [0.5, 0.6) is 0 Å². The maximum absolute atomic E-state index is 4.56. The van der Waals surface area contributed by atoms with Gasteiger partial charge in [0, 0.05) is 17.5 Å². The van der Waals surface area contributed by atoms with Gasteiger partial charge >= 0.3 is 0 Å². The first kappa shape index (κ1) is 13.2. The number of hydrogen-bond acceptors (Lipinski definition) is 2. The summed E-state index contributed by atoms with van der Waals surface area (Å²) in [6, 6.07) is 0.480. The van der Waals surface area contributed by atoms with Crippen molar-refractivity contribution in [1.82, 2.24) is 5.32 Å². The molecule has 82 valence electrons. The third-order valence-electron chi connectivity index (χ3n) is 1.45. The zero-order valence-corrected chi connectivity index (χ0v) is 10.6. The Morgan fingerprint density at radius 3 is 2.07 bits per heavy atom. The van der Waals surface area contributed by atoms with Crippen molar-refractivity contribution < 1.29 is 0 Å². The predicted molar refractivity (Wildman–Crippen MR) is 64.9 cm³/mol. The van der Waals surface area contributed by atoms with Crippen molar-refractivity contribution in [2.24, 2.45) is 4.99 Å². The van der Waals surface area contributed by atoms with E-state index in [0.717, 1.165) is 5.71 Å². The minimum absolute atomic E-state index is 0.0126. The standard InChI is InChI=1S/C12H24N2/c1-9(2)13-10(3)8-11(4)14-12(5,6)7/h8-9,13H,1-7H3. The first-order chi connectivity index (χ1) is 6.20. The zero-order valence-electron chi connectivity index (χ0n) is 10.6. The summed E-state index contributed by atoms with van der Waals surface area (Å²) in [4.78, 5) is 4.56. The van der Waals surface area contributed by atoms with E-state index in [-0.39, 0.29) is 5.54 Å². The van der Waals surface area contributed by atoms with Crippen molar-refractivity contribution in [1.29, 1.82) is 0 Å². The van der Waals surface area contributed by atoms with E-state index in [1.165, 1.54) is 5.70 Å². The number of aliphatic imine (C=N–C) groups is 1. The second-order valence-electron chi connectivity index (χ2n) is 5.05. The molecule has 0 radical (unpaired) electrons. The average Bonchev–Trinajstić information content (AvgIpc) is 1.77. The van der Waals surface area contributed by atoms with Crippen molar-refractivity contribution in [3.8, 4) is 0 Å². The van der Waals surface area contributed by atoms with E-state index in [9.17, 15) is 0 Å². The molecule has 0 unspecified atom stereocenters. The molecular weight excluding hydrogens is 172 g/mol. The molecule has 0 rings (SSSR count). The molecule has 0 heterocycles. The minimum atomic E-state index is 0.0126. The molecule has 0 aromatic carbocycles. The molecule has 0 amide bonds. The molecule has 14 heavy (non-hydrogen) atoms. The predicted octanol–water partition coefficient (Wildman–Crippen LogP) is 3.15. The number of hydrogen-bond donors (Lipinski definition) is 1. The highest BCUT2D eigenvalue weighted by Gasteiger charge is 2.06. The van der Waals surface area contributed by atoms with Crippen molar-refractivity contribution in [2.45, 2.75) is 60.0 Å². The Kier molecular flexibility index (Phi) is 4.89. The second kappa shape index (κ2) is 5.18. The average molecular weight is 196 g/mol. The Labute approximate surface area is 88.5 Å². The summed E-state index contributed by atoms with van der Waals surface area (Å²) >= 11 is 0. The van der Waals surface area contributed by atoms with E-state index in [1.807, 2.05) is 6.92 Å². The topological polar surface area (TPSA) is 24.4 Å². The summed E-state index contributed by atoms with van der Waals surface area (Å²) in [5.74, 6) is 0. The van der Waals surface area contributed by atoms with Gasteiger partial charge in [-0.3, -0.25) is 4.99 Å². The van der Waals surface area contributed by atoms with E-state index < -0.39 is 0 Å². The van der Waals surface area contributed by atoms with Gasteiger partial charge in [0.1, 0.15) is 0 Å². The highest BCUT2D eigenvalue weighted by molar-refractivity contribution is 5.93. The van der Waals surface area contributed by atoms with E-state index in [1.54, 1.807) is 0 Å². The van der Waals surface area contributed by atoms with Crippen LogP contribution in [-0.4, -0.2) is 17.3 Å². The second-order valence-corrected chi connectivity index (χ2v) is 5.05. The Morgan fingerprint density at radius 2 is 1.71 bits per heavy atom. The van der Waals surface area contributed by atoms with Crippen LogP contribution >= 0.6 is 0 Å². The molecule has 1 N–H and O–H groups in total. The molecule has 0 atom stereocenters. The summed E-state index contributed by atoms with van der Waals surface area (Å²) in [5.41, 5.74) is 2.26. The molecular formula is C12H24N2. The van der Waals surface area contributed by atoms with Crippen LogP contribution in [0.3, 0.4) is 0 Å². The monoisotopic (exact) mass is 196 g/mol. The van der Waals surface area contributed by atoms with Gasteiger partial charge in [-0.2, -0.15) is 0 Å². The van der Waals surface area contributed by atoms with Crippen LogP contribution in [0.15, 0.2) is 16.8 Å². The van der Waals surface area contributed by atoms with Gasteiger partial charge < -0.3 is 5.32 Å². The van der Waals surface area contributed by atoms with Gasteiger partial charge in [-0.25, -0.2) is 0 Å². The lowest BCUT2D eigenvalue weighted by molar-refractivity contribution is 0.584. The van der Waals surface area contributed by atoms with Crippen molar-refractivity contribution in [3.05, 3.63) is 11.8 Å². The number of rotatable bonds is 3. The SMILES string of the molecule is CC(=CC(C)=NC(C)(C)C)NC(C)C. The maximum Gasteiger partial charge on any atom is 0.0527 e. The third-order valence-corrected chi connectivity index (χ3v) is 1.45. The summed E-state index contributed by atoms with van der Waals surface area (Å²) < 4.78 is 0. The van der Waals surface area contributed by atoms with Crippen LogP contribution in [-0.2, 0) is 0 Å². The highest BCUT2D eigenvalue weighted by Crippen LogP contribution is 2.07. The van der Waals surface area contributed by atoms with Gasteiger partial charge in [0.25, 0.3) is 0 Å². The van der Waals surface area contributed by atoms with Crippen molar-refractivity contribution in [2.75, 3.05) is 0 Å². The summed E-state index contributed by atoms with van der Waals surface area (Å²) in [7, 11) is 0. The number of nitrogens with zero attached hydrogens (tertiary/aromatic N) is 1. The van der Waals surface area contributed by atoms with Gasteiger partial charge in [-0.15, -0.1) is 0 Å². The van der Waals surface area contributed by atoms with Crippen LogP contribution in [0.4, 0.5) is 0 Å². The molecule has 2 nitrogen and oxygen atoms in total. The quantitative estimate of drug-likeness (QED) is 0.689. The highest BCUT2D eigenvalue weighted by atomic mass is 14.9. The summed E-state index contributed by atoms with van der Waals surface area (Å²) in [6.45, 7) is 14.7. The molecule has 0 saturated carbocycles. The Morgan fingerprint density at radius 1 is 1.21 bits per heavy atom. The van der Waals surface area contributed by atoms with E-state index in [4.69, 9.17) is 0 Å². The van der Waals surface area contributed by atoms with Gasteiger partial charge in [0.2, 0.25) is 0 Å². The van der Waals surface area contributed by atoms with E-state index >= 15 is 0 Å². The molecule has 0 aliphatic rings. The van der Waals surface area contributed by atoms with Crippen LogP contribution in [0, 0.1) is 0 Å². The molecule has 0 fully saturated rings. The Bertz CT molecular complexity index is 229. The van der Waals surface area contributed by atoms with Gasteiger partial charge in [-0.1, -0.05) is 0 Å². The van der Waals surface area contributed by atoms with E-state index in [0.29, 0.717) is 6.04 Å². The Balaban J connectivity index is 4.42. The third kappa shape index (κ3) is 7.84. The van der Waals surface area contributed by atoms with Gasteiger partial charge in [0.15, 0.2) is 0 Å². The molecule has 0 aromatic rings. The van der Waals surface area contributed by atoms with Gasteiger partial charge in [0.05, 0.1) is 5.54 Å². The van der Waals surface area contributed by atoms with Crippen LogP contribution < -0.4 is 5.32 Å². The van der Waals surface area contributed by atoms with Gasteiger partial charge in [-0.05, 0) is 54.5 Å². The normalized spacial score (nSPS) is 14.9. The van der Waals surface area contributed by atoms with Crippen molar-refractivity contribution >= 4 is 5.71 Å². The number of nitrogens with one attached hydrogen (secondary N) is 1. The zero-order chi connectivity index (χ0) is 11.4. The van der Waals surface area contributed by atoms with Crippen LogP contribution in [0.1, 0.15) is 48.5 Å². The molecule has 0 saturated heterocycles. The molecule has 0 aromatic heterocycles. The molecule has 0 aliphatic heterocycles. The lowest BCUT2D eigenvalue weighted by atomic mass is 10.1. The smallest absolute Gasteiger partial charge is 0.0527 e. The minimum Gasteiger partial charge on any atom is -0.386 e. The summed E-state index contributed by atoms with van der Waals surface area (Å²) in [6.07, 6.45) is 2.09. The lowest BCUT2D eigenvalue weighted by Gasteiger charge is -2.14. The van der Waals surface area contributed by atoms with Crippen molar-refractivity contribution in [3.63, 3.8) is 0 Å².